The van der Waals surface area contributed by atoms with Crippen LogP contribution in [0.5, 0.6) is 0 Å². The zero-order valence-electron chi connectivity index (χ0n) is 16.3. The Hall–Kier alpha value is -2.22. The van der Waals surface area contributed by atoms with Crippen LogP contribution in [0.15, 0.2) is 54.6 Å². The molecule has 7 heteroatoms. The van der Waals surface area contributed by atoms with Crippen LogP contribution in [0.1, 0.15) is 17.8 Å². The topological polar surface area (TPSA) is 81.4 Å². The first-order valence-electron chi connectivity index (χ1n) is 9.94. The summed E-state index contributed by atoms with van der Waals surface area (Å²) in [4.78, 5) is 4.72. The van der Waals surface area contributed by atoms with Crippen molar-refractivity contribution in [1.29, 1.82) is 0 Å². The third-order valence-electron chi connectivity index (χ3n) is 5.35. The summed E-state index contributed by atoms with van der Waals surface area (Å²) in [5, 5.41) is 10.6. The molecule has 6 nitrogen and oxygen atoms in total. The summed E-state index contributed by atoms with van der Waals surface area (Å²) in [6, 6.07) is 17.7. The zero-order chi connectivity index (χ0) is 20.3. The Bertz CT molecular complexity index is 1060. The first-order chi connectivity index (χ1) is 14.0. The molecular weight excluding hydrogens is 388 g/mol. The van der Waals surface area contributed by atoms with Crippen molar-refractivity contribution >= 4 is 20.9 Å². The highest BCUT2D eigenvalue weighted by molar-refractivity contribution is 7.91. The van der Waals surface area contributed by atoms with Crippen LogP contribution >= 0.6 is 0 Å². The number of benzene rings is 2. The first kappa shape index (κ1) is 20.1. The number of sulfone groups is 1. The minimum Gasteiger partial charge on any atom is -0.389 e. The third-order valence-corrected chi connectivity index (χ3v) is 7.18. The van der Waals surface area contributed by atoms with E-state index in [1.54, 1.807) is 0 Å². The Balaban J connectivity index is 1.45. The standard InChI is InChI=1S/C22H26N2O4S/c25-19(15-28-14-17-6-2-1-3-7-17)13-24-21-9-5-4-8-20(21)23-22(24)12-18-10-11-29(26,27)16-18/h1-9,18-19,25H,10-16H2/t18-,19+/m0/s1. The van der Waals surface area contributed by atoms with Crippen molar-refractivity contribution in [3.63, 3.8) is 0 Å². The van der Waals surface area contributed by atoms with Gasteiger partial charge in [-0.3, -0.25) is 0 Å². The quantitative estimate of drug-likeness (QED) is 0.613. The number of hydrogen-bond donors (Lipinski definition) is 1. The molecule has 1 fully saturated rings. The highest BCUT2D eigenvalue weighted by atomic mass is 32.2. The van der Waals surface area contributed by atoms with Crippen LogP contribution in [0.4, 0.5) is 0 Å². The Morgan fingerprint density at radius 2 is 1.90 bits per heavy atom. The second-order valence-electron chi connectivity index (χ2n) is 7.76. The Morgan fingerprint density at radius 1 is 1.14 bits per heavy atom. The molecule has 0 radical (unpaired) electrons. The van der Waals surface area contributed by atoms with Crippen LogP contribution in [0.2, 0.25) is 0 Å². The highest BCUT2D eigenvalue weighted by Crippen LogP contribution is 2.25. The van der Waals surface area contributed by atoms with Crippen molar-refractivity contribution in [2.24, 2.45) is 5.92 Å². The van der Waals surface area contributed by atoms with Crippen LogP contribution < -0.4 is 0 Å². The van der Waals surface area contributed by atoms with Gasteiger partial charge < -0.3 is 14.4 Å². The van der Waals surface area contributed by atoms with E-state index in [2.05, 4.69) is 0 Å². The number of aromatic nitrogens is 2. The van der Waals surface area contributed by atoms with Gasteiger partial charge in [0.15, 0.2) is 9.84 Å². The van der Waals surface area contributed by atoms with E-state index >= 15 is 0 Å². The molecule has 1 saturated heterocycles. The molecule has 2 aromatic carbocycles. The lowest BCUT2D eigenvalue weighted by Crippen LogP contribution is -2.24. The summed E-state index contributed by atoms with van der Waals surface area (Å²) in [6.07, 6.45) is 0.599. The predicted molar refractivity (Wildman–Crippen MR) is 112 cm³/mol. The molecule has 1 aromatic heterocycles. The minimum absolute atomic E-state index is 0.0852. The Morgan fingerprint density at radius 3 is 2.66 bits per heavy atom. The number of aliphatic hydroxyl groups is 1. The molecule has 0 saturated carbocycles. The molecule has 1 aliphatic rings. The zero-order valence-corrected chi connectivity index (χ0v) is 17.1. The number of nitrogens with zero attached hydrogens (tertiary/aromatic N) is 2. The van der Waals surface area contributed by atoms with Crippen LogP contribution in [0.3, 0.4) is 0 Å². The maximum atomic E-state index is 11.8. The number of ether oxygens (including phenoxy) is 1. The molecule has 1 aliphatic heterocycles. The second kappa shape index (κ2) is 8.65. The predicted octanol–water partition coefficient (Wildman–Crippen LogP) is 2.59. The maximum absolute atomic E-state index is 11.8. The molecule has 3 aromatic rings. The number of imidazole rings is 1. The van der Waals surface area contributed by atoms with Gasteiger partial charge in [-0.2, -0.15) is 0 Å². The molecule has 1 N–H and O–H groups in total. The van der Waals surface area contributed by atoms with Gasteiger partial charge in [-0.15, -0.1) is 0 Å². The van der Waals surface area contributed by atoms with Gasteiger partial charge in [-0.1, -0.05) is 42.5 Å². The van der Waals surface area contributed by atoms with Crippen LogP contribution in [-0.2, 0) is 34.1 Å². The summed E-state index contributed by atoms with van der Waals surface area (Å²) in [5.41, 5.74) is 2.88. The second-order valence-corrected chi connectivity index (χ2v) is 9.98. The number of hydrogen-bond acceptors (Lipinski definition) is 5. The van der Waals surface area contributed by atoms with E-state index in [0.717, 1.165) is 22.4 Å². The number of fused-ring (bicyclic) bond motifs is 1. The summed E-state index contributed by atoms with van der Waals surface area (Å²) < 4.78 is 31.3. The Kier molecular flexibility index (Phi) is 5.99. The molecule has 4 rings (SSSR count). The summed E-state index contributed by atoms with van der Waals surface area (Å²) >= 11 is 0. The lowest BCUT2D eigenvalue weighted by Gasteiger charge is -2.16. The van der Waals surface area contributed by atoms with E-state index in [9.17, 15) is 13.5 Å². The summed E-state index contributed by atoms with van der Waals surface area (Å²) in [6.45, 7) is 1.04. The number of rotatable bonds is 8. The van der Waals surface area contributed by atoms with E-state index in [0.29, 0.717) is 26.0 Å². The molecule has 0 bridgehead atoms. The van der Waals surface area contributed by atoms with Crippen molar-refractivity contribution in [2.45, 2.75) is 32.1 Å². The summed E-state index contributed by atoms with van der Waals surface area (Å²) in [7, 11) is -2.93. The van der Waals surface area contributed by atoms with Crippen molar-refractivity contribution in [3.05, 3.63) is 66.0 Å². The molecule has 2 heterocycles. The highest BCUT2D eigenvalue weighted by Gasteiger charge is 2.29. The Labute approximate surface area is 171 Å². The normalized spacial score (nSPS) is 19.6. The van der Waals surface area contributed by atoms with E-state index in [1.165, 1.54) is 0 Å². The van der Waals surface area contributed by atoms with Gasteiger partial charge in [-0.05, 0) is 30.0 Å². The fourth-order valence-corrected chi connectivity index (χ4v) is 5.79. The van der Waals surface area contributed by atoms with Crippen LogP contribution in [0, 0.1) is 5.92 Å². The van der Waals surface area contributed by atoms with E-state index in [-0.39, 0.29) is 24.0 Å². The average molecular weight is 415 g/mol. The molecule has 0 spiro atoms. The molecule has 2 atom stereocenters. The van der Waals surface area contributed by atoms with Gasteiger partial charge in [0.2, 0.25) is 0 Å². The van der Waals surface area contributed by atoms with Gasteiger partial charge in [0.25, 0.3) is 0 Å². The fourth-order valence-electron chi connectivity index (χ4n) is 3.93. The minimum atomic E-state index is -2.93. The molecule has 0 unspecified atom stereocenters. The molecule has 29 heavy (non-hydrogen) atoms. The monoisotopic (exact) mass is 414 g/mol. The van der Waals surface area contributed by atoms with Gasteiger partial charge in [-0.25, -0.2) is 13.4 Å². The molecule has 0 aliphatic carbocycles. The van der Waals surface area contributed by atoms with Crippen molar-refractivity contribution < 1.29 is 18.3 Å². The fraction of sp³-hybridized carbons (Fsp3) is 0.409. The first-order valence-corrected chi connectivity index (χ1v) is 11.8. The average Bonchev–Trinajstić information content (AvgIpc) is 3.22. The van der Waals surface area contributed by atoms with Crippen LogP contribution in [-0.4, -0.2) is 47.3 Å². The number of para-hydroxylation sites is 2. The largest absolute Gasteiger partial charge is 0.389 e. The molecular formula is C22H26N2O4S. The smallest absolute Gasteiger partial charge is 0.150 e. The van der Waals surface area contributed by atoms with Crippen molar-refractivity contribution in [1.82, 2.24) is 9.55 Å². The van der Waals surface area contributed by atoms with Gasteiger partial charge in [0.1, 0.15) is 5.82 Å². The van der Waals surface area contributed by atoms with E-state index in [1.807, 2.05) is 59.2 Å². The summed E-state index contributed by atoms with van der Waals surface area (Å²) in [5.74, 6) is 1.39. The SMILES string of the molecule is O=S1(=O)CC[C@@H](Cc2nc3ccccc3n2C[C@@H](O)COCc2ccccc2)C1. The van der Waals surface area contributed by atoms with Crippen molar-refractivity contribution in [2.75, 3.05) is 18.1 Å². The van der Waals surface area contributed by atoms with E-state index in [4.69, 9.17) is 9.72 Å². The van der Waals surface area contributed by atoms with Crippen molar-refractivity contribution in [3.8, 4) is 0 Å². The van der Waals surface area contributed by atoms with E-state index < -0.39 is 15.9 Å². The van der Waals surface area contributed by atoms with Gasteiger partial charge >= 0.3 is 0 Å². The lowest BCUT2D eigenvalue weighted by molar-refractivity contribution is 0.0205. The third kappa shape index (κ3) is 5.04. The van der Waals surface area contributed by atoms with Gasteiger partial charge in [0, 0.05) is 6.42 Å². The lowest BCUT2D eigenvalue weighted by atomic mass is 10.1. The van der Waals surface area contributed by atoms with Crippen LogP contribution in [0.25, 0.3) is 11.0 Å². The molecule has 0 amide bonds. The molecule has 154 valence electrons. The maximum Gasteiger partial charge on any atom is 0.150 e. The number of aliphatic hydroxyl groups excluding tert-OH is 1. The van der Waals surface area contributed by atoms with Gasteiger partial charge in [0.05, 0.1) is 48.4 Å².